The first-order valence-corrected chi connectivity index (χ1v) is 11.8. The van der Waals surface area contributed by atoms with Crippen LogP contribution in [0.15, 0.2) is 41.2 Å². The quantitative estimate of drug-likeness (QED) is 0.559. The number of amides is 1. The van der Waals surface area contributed by atoms with Gasteiger partial charge in [0, 0.05) is 59.3 Å². The topological polar surface area (TPSA) is 81.3 Å². The van der Waals surface area contributed by atoms with Crippen LogP contribution in [0.2, 0.25) is 0 Å². The maximum absolute atomic E-state index is 14.8. The van der Waals surface area contributed by atoms with Crippen LogP contribution in [-0.2, 0) is 5.41 Å². The minimum absolute atomic E-state index is 0.106. The standard InChI is InChI=1S/C26H27F2N5O2/c1-29-25(35)20-4-5-21(23(28)30-20)32-8-6-17(7-9-32)33-14-26(12-18(33)13-26)22-10-15-2-3-16(27)11-19(15)24(34)31-22/h2-5,10-11,17-18H,6-9,12-14H2,1H3,(H,29,35)(H,31,34)/i1D3. The molecule has 3 saturated heterocycles. The van der Waals surface area contributed by atoms with E-state index in [1.54, 1.807) is 6.07 Å². The summed E-state index contributed by atoms with van der Waals surface area (Å²) < 4.78 is 49.7. The van der Waals surface area contributed by atoms with Crippen LogP contribution in [0.4, 0.5) is 14.5 Å². The lowest BCUT2D eigenvalue weighted by atomic mass is 9.67. The number of halogens is 2. The molecule has 9 heteroatoms. The highest BCUT2D eigenvalue weighted by Gasteiger charge is 2.58. The smallest absolute Gasteiger partial charge is 0.269 e. The molecule has 5 heterocycles. The van der Waals surface area contributed by atoms with Crippen molar-refractivity contribution in [2.75, 3.05) is 31.5 Å². The van der Waals surface area contributed by atoms with Crippen LogP contribution in [-0.4, -0.2) is 59.5 Å². The molecule has 1 amide bonds. The van der Waals surface area contributed by atoms with Crippen LogP contribution in [0.25, 0.3) is 10.8 Å². The number of pyridine rings is 2. The molecule has 0 spiro atoms. The number of H-pyrrole nitrogens is 1. The van der Waals surface area contributed by atoms with Gasteiger partial charge in [-0.25, -0.2) is 9.37 Å². The zero-order chi connectivity index (χ0) is 26.8. The van der Waals surface area contributed by atoms with Crippen LogP contribution in [0.3, 0.4) is 0 Å². The molecule has 1 aromatic carbocycles. The number of hydrogen-bond acceptors (Lipinski definition) is 5. The van der Waals surface area contributed by atoms with E-state index in [9.17, 15) is 18.4 Å². The van der Waals surface area contributed by atoms with Crippen LogP contribution < -0.4 is 15.8 Å². The highest BCUT2D eigenvalue weighted by molar-refractivity contribution is 5.92. The molecule has 182 valence electrons. The first-order chi connectivity index (χ1) is 18.0. The lowest BCUT2D eigenvalue weighted by Gasteiger charge is -2.40. The van der Waals surface area contributed by atoms with Crippen LogP contribution in [0.1, 0.15) is 46.0 Å². The van der Waals surface area contributed by atoms with E-state index in [2.05, 4.69) is 14.9 Å². The van der Waals surface area contributed by atoms with Gasteiger partial charge in [-0.3, -0.25) is 14.5 Å². The van der Waals surface area contributed by atoms with E-state index in [-0.39, 0.29) is 16.7 Å². The molecule has 0 atom stereocenters. The summed E-state index contributed by atoms with van der Waals surface area (Å²) in [6.07, 6.45) is 3.60. The lowest BCUT2D eigenvalue weighted by molar-refractivity contribution is 0.0957. The maximum Gasteiger partial charge on any atom is 0.269 e. The first-order valence-electron chi connectivity index (χ1n) is 13.3. The Hall–Kier alpha value is -3.33. The second-order valence-corrected chi connectivity index (χ2v) is 9.94. The summed E-state index contributed by atoms with van der Waals surface area (Å²) in [5.41, 5.74) is 0.551. The van der Waals surface area contributed by atoms with E-state index in [1.807, 2.05) is 16.3 Å². The third-order valence-electron chi connectivity index (χ3n) is 8.04. The Kier molecular flexibility index (Phi) is 4.39. The van der Waals surface area contributed by atoms with Gasteiger partial charge in [0.05, 0.1) is 5.69 Å². The van der Waals surface area contributed by atoms with Gasteiger partial charge in [0.25, 0.3) is 11.5 Å². The van der Waals surface area contributed by atoms with Crippen molar-refractivity contribution in [1.82, 2.24) is 20.2 Å². The first kappa shape index (κ1) is 18.9. The Morgan fingerprint density at radius 1 is 1.17 bits per heavy atom. The van der Waals surface area contributed by atoms with Crippen molar-refractivity contribution < 1.29 is 17.7 Å². The van der Waals surface area contributed by atoms with Crippen molar-refractivity contribution in [1.29, 1.82) is 0 Å². The van der Waals surface area contributed by atoms with Crippen molar-refractivity contribution in [3.63, 3.8) is 0 Å². The molecule has 0 unspecified atom stereocenters. The van der Waals surface area contributed by atoms with E-state index >= 15 is 0 Å². The number of nitrogens with one attached hydrogen (secondary N) is 2. The number of carbonyl (C=O) groups excluding carboxylic acids is 1. The summed E-state index contributed by atoms with van der Waals surface area (Å²) in [6, 6.07) is 9.86. The number of fused-ring (bicyclic) bond motifs is 2. The summed E-state index contributed by atoms with van der Waals surface area (Å²) in [7, 11) is 0. The predicted octanol–water partition coefficient (Wildman–Crippen LogP) is 2.95. The Balaban J connectivity index is 1.11. The molecule has 2 N–H and O–H groups in total. The molecule has 4 aliphatic rings. The van der Waals surface area contributed by atoms with Gasteiger partial charge in [0.15, 0.2) is 0 Å². The molecule has 0 radical (unpaired) electrons. The molecule has 3 aliphatic heterocycles. The number of benzene rings is 1. The fourth-order valence-electron chi connectivity index (χ4n) is 6.23. The van der Waals surface area contributed by atoms with Gasteiger partial charge in [-0.2, -0.15) is 4.39 Å². The van der Waals surface area contributed by atoms with Crippen LogP contribution in [0, 0.1) is 11.8 Å². The molecule has 35 heavy (non-hydrogen) atoms. The van der Waals surface area contributed by atoms with Gasteiger partial charge >= 0.3 is 0 Å². The summed E-state index contributed by atoms with van der Waals surface area (Å²) >= 11 is 0. The average Bonchev–Trinajstić information content (AvgIpc) is 3.41. The minimum atomic E-state index is -2.67. The number of carbonyl (C=O) groups is 1. The fourth-order valence-corrected chi connectivity index (χ4v) is 6.23. The third kappa shape index (κ3) is 3.60. The Morgan fingerprint density at radius 3 is 2.71 bits per heavy atom. The highest BCUT2D eigenvalue weighted by Crippen LogP contribution is 2.54. The van der Waals surface area contributed by atoms with Gasteiger partial charge in [0.1, 0.15) is 11.5 Å². The summed E-state index contributed by atoms with van der Waals surface area (Å²) in [5.74, 6) is -2.18. The lowest BCUT2D eigenvalue weighted by Crippen LogP contribution is -2.46. The Morgan fingerprint density at radius 2 is 1.97 bits per heavy atom. The molecule has 1 saturated carbocycles. The van der Waals surface area contributed by atoms with E-state index in [0.29, 0.717) is 36.2 Å². The Bertz CT molecular complexity index is 1480. The number of aromatic nitrogens is 2. The number of aromatic amines is 1. The third-order valence-corrected chi connectivity index (χ3v) is 8.04. The maximum atomic E-state index is 14.8. The molecule has 1 aliphatic carbocycles. The molecular weight excluding hydrogens is 452 g/mol. The highest BCUT2D eigenvalue weighted by atomic mass is 19.1. The number of nitrogens with zero attached hydrogens (tertiary/aromatic N) is 3. The van der Waals surface area contributed by atoms with Crippen LogP contribution >= 0.6 is 0 Å². The summed E-state index contributed by atoms with van der Waals surface area (Å²) in [6.45, 7) is -0.584. The van der Waals surface area contributed by atoms with Gasteiger partial charge in [-0.05, 0) is 61.4 Å². The van der Waals surface area contributed by atoms with Crippen molar-refractivity contribution in [2.45, 2.75) is 43.2 Å². The van der Waals surface area contributed by atoms with E-state index in [4.69, 9.17) is 4.11 Å². The molecule has 3 aromatic rings. The van der Waals surface area contributed by atoms with Gasteiger partial charge in [0.2, 0.25) is 5.95 Å². The monoisotopic (exact) mass is 482 g/mol. The fraction of sp³-hybridized carbons (Fsp3) is 0.423. The molecule has 7 nitrogen and oxygen atoms in total. The minimum Gasteiger partial charge on any atom is -0.368 e. The van der Waals surface area contributed by atoms with Crippen molar-refractivity contribution >= 4 is 22.4 Å². The zero-order valence-electron chi connectivity index (χ0n) is 22.0. The van der Waals surface area contributed by atoms with Crippen LogP contribution in [0.5, 0.6) is 0 Å². The van der Waals surface area contributed by atoms with Gasteiger partial charge < -0.3 is 15.2 Å². The molecule has 4 fully saturated rings. The zero-order valence-corrected chi connectivity index (χ0v) is 19.0. The van der Waals surface area contributed by atoms with Crippen molar-refractivity contribution in [3.05, 3.63) is 69.9 Å². The molecule has 2 bridgehead atoms. The molecule has 7 rings (SSSR count). The normalized spacial score (nSPS) is 26.2. The SMILES string of the molecule is [2H]C([2H])([2H])NC(=O)c1ccc(N2CCC(N3CC4(c5cc6ccc(F)cc6c(=O)[nH]5)CC3C4)CC2)c(F)n1. The number of hydrogen-bond donors (Lipinski definition) is 2. The van der Waals surface area contributed by atoms with E-state index in [1.165, 1.54) is 24.3 Å². The summed E-state index contributed by atoms with van der Waals surface area (Å²) in [5, 5.41) is 2.91. The van der Waals surface area contributed by atoms with Crippen molar-refractivity contribution in [2.24, 2.45) is 0 Å². The number of piperidine rings is 1. The molecule has 2 aromatic heterocycles. The van der Waals surface area contributed by atoms with E-state index < -0.39 is 24.6 Å². The van der Waals surface area contributed by atoms with Gasteiger partial charge in [-0.15, -0.1) is 0 Å². The summed E-state index contributed by atoms with van der Waals surface area (Å²) in [4.78, 5) is 35.8. The van der Waals surface area contributed by atoms with E-state index in [0.717, 1.165) is 43.3 Å². The average molecular weight is 483 g/mol. The Labute approximate surface area is 205 Å². The number of rotatable bonds is 4. The second kappa shape index (κ2) is 8.12. The van der Waals surface area contributed by atoms with Crippen molar-refractivity contribution in [3.8, 4) is 0 Å². The largest absolute Gasteiger partial charge is 0.368 e. The second-order valence-electron chi connectivity index (χ2n) is 9.94. The van der Waals surface area contributed by atoms with Gasteiger partial charge in [-0.1, -0.05) is 6.07 Å². The molecular formula is C26H27F2N5O2. The predicted molar refractivity (Wildman–Crippen MR) is 129 cm³/mol. The number of anilines is 1.